The molecule has 0 atom stereocenters. The highest BCUT2D eigenvalue weighted by Crippen LogP contribution is 2.30. The molecule has 2 aromatic carbocycles. The van der Waals surface area contributed by atoms with Gasteiger partial charge in [-0.25, -0.2) is 9.07 Å². The van der Waals surface area contributed by atoms with Gasteiger partial charge in [-0.2, -0.15) is 10.1 Å². The van der Waals surface area contributed by atoms with E-state index in [-0.39, 0.29) is 11.4 Å². The molecule has 148 valence electrons. The fraction of sp³-hybridized carbons (Fsp3) is 0.136. The van der Waals surface area contributed by atoms with Gasteiger partial charge in [0.25, 0.3) is 5.56 Å². The summed E-state index contributed by atoms with van der Waals surface area (Å²) >= 11 is 0. The molecule has 6 rings (SSSR count). The molecule has 1 aliphatic heterocycles. The summed E-state index contributed by atoms with van der Waals surface area (Å²) in [5.74, 6) is 0.225. The maximum Gasteiger partial charge on any atom is 0.263 e. The summed E-state index contributed by atoms with van der Waals surface area (Å²) in [6, 6.07) is 14.4. The second-order valence-electron chi connectivity index (χ2n) is 7.46. The van der Waals surface area contributed by atoms with Gasteiger partial charge in [0.15, 0.2) is 5.65 Å². The Morgan fingerprint density at radius 2 is 1.90 bits per heavy atom. The molecule has 0 bridgehead atoms. The van der Waals surface area contributed by atoms with Gasteiger partial charge in [-0.05, 0) is 30.3 Å². The molecule has 4 heterocycles. The highest BCUT2D eigenvalue weighted by Gasteiger charge is 2.23. The quantitative estimate of drug-likeness (QED) is 0.476. The normalized spacial score (nSPS) is 13.8. The van der Waals surface area contributed by atoms with Gasteiger partial charge >= 0.3 is 0 Å². The average Bonchev–Trinajstić information content (AvgIpc) is 3.35. The number of fused-ring (bicyclic) bond motifs is 4. The van der Waals surface area contributed by atoms with E-state index < -0.39 is 0 Å². The van der Waals surface area contributed by atoms with E-state index in [0.717, 1.165) is 34.3 Å². The smallest absolute Gasteiger partial charge is 0.263 e. The average molecular weight is 400 g/mol. The molecule has 0 saturated heterocycles. The van der Waals surface area contributed by atoms with E-state index in [4.69, 9.17) is 4.98 Å². The van der Waals surface area contributed by atoms with Crippen LogP contribution in [0.15, 0.2) is 59.5 Å². The second-order valence-corrected chi connectivity index (χ2v) is 7.46. The predicted molar refractivity (Wildman–Crippen MR) is 112 cm³/mol. The summed E-state index contributed by atoms with van der Waals surface area (Å²) in [5.41, 5.74) is 4.18. The molecule has 2 N–H and O–H groups in total. The summed E-state index contributed by atoms with van der Waals surface area (Å²) < 4.78 is 15.5. The van der Waals surface area contributed by atoms with Crippen LogP contribution in [-0.4, -0.2) is 31.3 Å². The minimum Gasteiger partial charge on any atom is -0.358 e. The van der Waals surface area contributed by atoms with Crippen LogP contribution in [0.4, 0.5) is 10.3 Å². The van der Waals surface area contributed by atoms with Crippen molar-refractivity contribution in [3.63, 3.8) is 0 Å². The lowest BCUT2D eigenvalue weighted by Crippen LogP contribution is -2.33. The Balaban J connectivity index is 1.46. The third kappa shape index (κ3) is 2.53. The van der Waals surface area contributed by atoms with Crippen LogP contribution in [0.3, 0.4) is 0 Å². The van der Waals surface area contributed by atoms with Gasteiger partial charge in [-0.1, -0.05) is 18.2 Å². The van der Waals surface area contributed by atoms with E-state index in [1.165, 1.54) is 12.3 Å². The number of halogens is 1. The van der Waals surface area contributed by atoms with Crippen LogP contribution < -0.4 is 10.5 Å². The molecule has 0 radical (unpaired) electrons. The predicted octanol–water partition coefficient (Wildman–Crippen LogP) is 3.29. The summed E-state index contributed by atoms with van der Waals surface area (Å²) in [4.78, 5) is 25.7. The van der Waals surface area contributed by atoms with Crippen LogP contribution in [0.2, 0.25) is 0 Å². The Labute approximate surface area is 169 Å². The Morgan fingerprint density at radius 3 is 2.77 bits per heavy atom. The molecule has 30 heavy (non-hydrogen) atoms. The Kier molecular flexibility index (Phi) is 3.55. The summed E-state index contributed by atoms with van der Waals surface area (Å²) in [5, 5.41) is 5.67. The van der Waals surface area contributed by atoms with Crippen molar-refractivity contribution >= 4 is 27.9 Å². The minimum atomic E-state index is -0.263. The van der Waals surface area contributed by atoms with Crippen molar-refractivity contribution in [2.24, 2.45) is 0 Å². The number of H-pyrrole nitrogens is 2. The number of para-hydroxylation sites is 1. The SMILES string of the molecule is O=c1[nH]c(N2CCc3[nH]c4ccc(F)cc4c3C2)nc2c1cnn2-c1ccccc1. The molecular formula is C22H17FN6O. The van der Waals surface area contributed by atoms with Crippen molar-refractivity contribution in [1.29, 1.82) is 0 Å². The first-order valence-electron chi connectivity index (χ1n) is 9.75. The van der Waals surface area contributed by atoms with Crippen LogP contribution >= 0.6 is 0 Å². The van der Waals surface area contributed by atoms with Crippen molar-refractivity contribution < 1.29 is 4.39 Å². The van der Waals surface area contributed by atoms with Gasteiger partial charge in [0, 0.05) is 41.7 Å². The summed E-state index contributed by atoms with van der Waals surface area (Å²) in [6.45, 7) is 1.23. The largest absolute Gasteiger partial charge is 0.358 e. The summed E-state index contributed by atoms with van der Waals surface area (Å²) in [7, 11) is 0. The Morgan fingerprint density at radius 1 is 1.03 bits per heavy atom. The molecule has 0 spiro atoms. The standard InChI is InChI=1S/C22H17FN6O/c23-13-6-7-18-15(10-13)17-12-28(9-8-19(17)25-18)22-26-20-16(21(30)27-22)11-24-29(20)14-4-2-1-3-5-14/h1-7,10-11,25H,8-9,12H2,(H,26,27,30). The van der Waals surface area contributed by atoms with Gasteiger partial charge in [0.1, 0.15) is 11.2 Å². The van der Waals surface area contributed by atoms with Crippen LogP contribution in [0.25, 0.3) is 27.6 Å². The van der Waals surface area contributed by atoms with Crippen molar-refractivity contribution in [2.75, 3.05) is 11.4 Å². The van der Waals surface area contributed by atoms with Crippen LogP contribution in [-0.2, 0) is 13.0 Å². The molecule has 7 nitrogen and oxygen atoms in total. The number of hydrogen-bond acceptors (Lipinski definition) is 4. The monoisotopic (exact) mass is 400 g/mol. The van der Waals surface area contributed by atoms with Crippen molar-refractivity contribution in [1.82, 2.24) is 24.7 Å². The summed E-state index contributed by atoms with van der Waals surface area (Å²) in [6.07, 6.45) is 2.29. The van der Waals surface area contributed by atoms with Crippen LogP contribution in [0, 0.1) is 5.82 Å². The van der Waals surface area contributed by atoms with Crippen LogP contribution in [0.1, 0.15) is 11.3 Å². The van der Waals surface area contributed by atoms with Crippen molar-refractivity contribution in [2.45, 2.75) is 13.0 Å². The topological polar surface area (TPSA) is 82.6 Å². The fourth-order valence-corrected chi connectivity index (χ4v) is 4.18. The molecule has 0 unspecified atom stereocenters. The Bertz CT molecular complexity index is 1470. The maximum atomic E-state index is 13.8. The molecule has 5 aromatic rings. The van der Waals surface area contributed by atoms with E-state index >= 15 is 0 Å². The highest BCUT2D eigenvalue weighted by molar-refractivity contribution is 5.85. The number of aromatic nitrogens is 5. The molecule has 8 heteroatoms. The molecule has 1 aliphatic rings. The molecule has 0 aliphatic carbocycles. The first-order chi connectivity index (χ1) is 14.7. The lowest BCUT2D eigenvalue weighted by molar-refractivity contribution is 0.629. The van der Waals surface area contributed by atoms with E-state index in [2.05, 4.69) is 15.1 Å². The third-order valence-corrected chi connectivity index (χ3v) is 5.66. The Hall–Kier alpha value is -3.94. The van der Waals surface area contributed by atoms with E-state index in [9.17, 15) is 9.18 Å². The first kappa shape index (κ1) is 17.0. The lowest BCUT2D eigenvalue weighted by atomic mass is 10.0. The van der Waals surface area contributed by atoms with Gasteiger partial charge < -0.3 is 9.88 Å². The van der Waals surface area contributed by atoms with Gasteiger partial charge in [0.2, 0.25) is 5.95 Å². The number of rotatable bonds is 2. The molecule has 3 aromatic heterocycles. The zero-order chi connectivity index (χ0) is 20.2. The maximum absolute atomic E-state index is 13.8. The third-order valence-electron chi connectivity index (χ3n) is 5.66. The zero-order valence-corrected chi connectivity index (χ0v) is 15.9. The molecule has 0 amide bonds. The van der Waals surface area contributed by atoms with Crippen molar-refractivity contribution in [3.8, 4) is 5.69 Å². The van der Waals surface area contributed by atoms with E-state index in [1.54, 1.807) is 16.8 Å². The second kappa shape index (κ2) is 6.28. The lowest BCUT2D eigenvalue weighted by Gasteiger charge is -2.27. The molecular weight excluding hydrogens is 383 g/mol. The molecule has 0 fully saturated rings. The van der Waals surface area contributed by atoms with E-state index in [1.807, 2.05) is 35.2 Å². The number of nitrogens with one attached hydrogen (secondary N) is 2. The van der Waals surface area contributed by atoms with E-state index in [0.29, 0.717) is 30.1 Å². The highest BCUT2D eigenvalue weighted by atomic mass is 19.1. The van der Waals surface area contributed by atoms with Gasteiger partial charge in [0.05, 0.1) is 11.9 Å². The minimum absolute atomic E-state index is 0.229. The number of anilines is 1. The zero-order valence-electron chi connectivity index (χ0n) is 15.9. The number of aromatic amines is 2. The number of nitrogens with zero attached hydrogens (tertiary/aromatic N) is 4. The van der Waals surface area contributed by atoms with Gasteiger partial charge in [-0.3, -0.25) is 9.78 Å². The van der Waals surface area contributed by atoms with Gasteiger partial charge in [-0.15, -0.1) is 0 Å². The number of hydrogen-bond donors (Lipinski definition) is 2. The number of benzene rings is 2. The van der Waals surface area contributed by atoms with Crippen LogP contribution in [0.5, 0.6) is 0 Å². The van der Waals surface area contributed by atoms with Crippen molar-refractivity contribution in [3.05, 3.63) is 82.2 Å². The first-order valence-corrected chi connectivity index (χ1v) is 9.75. The fourth-order valence-electron chi connectivity index (χ4n) is 4.18. The molecule has 0 saturated carbocycles.